The molecule has 0 unspecified atom stereocenters. The summed E-state index contributed by atoms with van der Waals surface area (Å²) in [5, 5.41) is 7.58. The minimum Gasteiger partial charge on any atom is -0.475 e. The van der Waals surface area contributed by atoms with Gasteiger partial charge in [-0.05, 0) is 6.42 Å². The number of nitrogens with one attached hydrogen (secondary N) is 1. The Morgan fingerprint density at radius 3 is 1.97 bits per heavy atom. The van der Waals surface area contributed by atoms with Crippen molar-refractivity contribution in [1.82, 2.24) is 0 Å². The van der Waals surface area contributed by atoms with Gasteiger partial charge in [-0.1, -0.05) is 119 Å². The molecule has 0 saturated carbocycles. The summed E-state index contributed by atoms with van der Waals surface area (Å²) in [6.07, 6.45) is 16.6. The molecule has 1 aliphatic heterocycles. The molecule has 1 heterocycles. The number of hydrogen-bond donors (Lipinski definition) is 1. The predicted octanol–water partition coefficient (Wildman–Crippen LogP) is 7.20. The SMILES string of the molecule is CCCCCCCCCCCCCC[C@H](OCOC)[C@@H]1O[C@@H]1COC(=N)C(Cl)(Cl)Cl. The van der Waals surface area contributed by atoms with Gasteiger partial charge < -0.3 is 18.9 Å². The lowest BCUT2D eigenvalue weighted by molar-refractivity contribution is -0.0825. The van der Waals surface area contributed by atoms with Gasteiger partial charge in [0.1, 0.15) is 25.6 Å². The van der Waals surface area contributed by atoms with E-state index >= 15 is 0 Å². The monoisotopic (exact) mass is 487 g/mol. The fraction of sp³-hybridized carbons (Fsp3) is 0.955. The molecular formula is C22H40Cl3NO4. The molecule has 3 atom stereocenters. The highest BCUT2D eigenvalue weighted by Gasteiger charge is 2.46. The number of epoxide rings is 1. The van der Waals surface area contributed by atoms with Crippen LogP contribution in [0.15, 0.2) is 0 Å². The molecule has 1 saturated heterocycles. The van der Waals surface area contributed by atoms with E-state index in [4.69, 9.17) is 59.2 Å². The van der Waals surface area contributed by atoms with Crippen LogP contribution in [0.2, 0.25) is 0 Å². The molecular weight excluding hydrogens is 449 g/mol. The predicted molar refractivity (Wildman–Crippen MR) is 125 cm³/mol. The lowest BCUT2D eigenvalue weighted by Crippen LogP contribution is -2.27. The number of halogens is 3. The average Bonchev–Trinajstić information content (AvgIpc) is 3.48. The largest absolute Gasteiger partial charge is 0.475 e. The van der Waals surface area contributed by atoms with E-state index in [1.54, 1.807) is 7.11 Å². The van der Waals surface area contributed by atoms with Crippen molar-refractivity contribution in [3.05, 3.63) is 0 Å². The highest BCUT2D eigenvalue weighted by atomic mass is 35.6. The minimum absolute atomic E-state index is 0.0383. The number of alkyl halides is 3. The Hall–Kier alpha value is 0.220. The average molecular weight is 489 g/mol. The summed E-state index contributed by atoms with van der Waals surface area (Å²) in [4.78, 5) is 0. The molecule has 0 bridgehead atoms. The van der Waals surface area contributed by atoms with Crippen LogP contribution in [0.1, 0.15) is 90.4 Å². The Kier molecular flexibility index (Phi) is 15.8. The van der Waals surface area contributed by atoms with Gasteiger partial charge in [-0.15, -0.1) is 0 Å². The van der Waals surface area contributed by atoms with Gasteiger partial charge in [0.05, 0.1) is 6.10 Å². The van der Waals surface area contributed by atoms with E-state index in [1.807, 2.05) is 0 Å². The van der Waals surface area contributed by atoms with Crippen LogP contribution in [0.4, 0.5) is 0 Å². The lowest BCUT2D eigenvalue weighted by atomic mass is 10.0. The Morgan fingerprint density at radius 2 is 1.47 bits per heavy atom. The standard InChI is InChI=1S/C22H40Cl3NO4/c1-3-4-5-6-7-8-9-10-11-12-13-14-15-18(29-17-27-2)20-19(30-20)16-28-21(26)22(23,24)25/h18-20,26H,3-17H2,1-2H3/t18-,19+,20-/m0/s1. The number of methoxy groups -OCH3 is 1. The van der Waals surface area contributed by atoms with Crippen LogP contribution in [0.25, 0.3) is 0 Å². The van der Waals surface area contributed by atoms with E-state index in [-0.39, 0.29) is 31.7 Å². The molecule has 0 aromatic rings. The van der Waals surface area contributed by atoms with Gasteiger partial charge in [-0.25, -0.2) is 0 Å². The summed E-state index contributed by atoms with van der Waals surface area (Å²) in [5.41, 5.74) is 0. The zero-order chi connectivity index (χ0) is 22.2. The number of rotatable bonds is 19. The van der Waals surface area contributed by atoms with E-state index < -0.39 is 9.69 Å². The van der Waals surface area contributed by atoms with E-state index in [0.717, 1.165) is 12.8 Å². The Bertz CT molecular complexity index is 449. The van der Waals surface area contributed by atoms with Crippen molar-refractivity contribution in [3.63, 3.8) is 0 Å². The van der Waals surface area contributed by atoms with Crippen LogP contribution in [-0.4, -0.2) is 48.5 Å². The normalized spacial score (nSPS) is 19.6. The molecule has 5 nitrogen and oxygen atoms in total. The molecule has 0 aromatic heterocycles. The molecule has 0 aromatic carbocycles. The van der Waals surface area contributed by atoms with Gasteiger partial charge in [0.15, 0.2) is 0 Å². The van der Waals surface area contributed by atoms with Crippen LogP contribution in [-0.2, 0) is 18.9 Å². The van der Waals surface area contributed by atoms with Crippen molar-refractivity contribution in [3.8, 4) is 0 Å². The van der Waals surface area contributed by atoms with Gasteiger partial charge in [-0.3, -0.25) is 5.41 Å². The van der Waals surface area contributed by atoms with Gasteiger partial charge in [0, 0.05) is 7.11 Å². The molecule has 30 heavy (non-hydrogen) atoms. The van der Waals surface area contributed by atoms with Crippen LogP contribution >= 0.6 is 34.8 Å². The quantitative estimate of drug-likeness (QED) is 0.0521. The second kappa shape index (κ2) is 16.8. The van der Waals surface area contributed by atoms with Crippen molar-refractivity contribution < 1.29 is 18.9 Å². The van der Waals surface area contributed by atoms with Crippen LogP contribution in [0, 0.1) is 5.41 Å². The topological polar surface area (TPSA) is 64.1 Å². The summed E-state index contributed by atoms with van der Waals surface area (Å²) in [6.45, 7) is 2.68. The highest BCUT2D eigenvalue weighted by Crippen LogP contribution is 2.32. The van der Waals surface area contributed by atoms with Crippen LogP contribution in [0.3, 0.4) is 0 Å². The highest BCUT2D eigenvalue weighted by molar-refractivity contribution is 6.76. The van der Waals surface area contributed by atoms with E-state index in [9.17, 15) is 0 Å². The van der Waals surface area contributed by atoms with Gasteiger partial charge >= 0.3 is 0 Å². The van der Waals surface area contributed by atoms with E-state index in [2.05, 4.69) is 6.92 Å². The molecule has 0 aliphatic carbocycles. The van der Waals surface area contributed by atoms with Crippen molar-refractivity contribution in [2.75, 3.05) is 20.5 Å². The van der Waals surface area contributed by atoms with Crippen molar-refractivity contribution in [2.24, 2.45) is 0 Å². The van der Waals surface area contributed by atoms with Crippen LogP contribution in [0.5, 0.6) is 0 Å². The summed E-state index contributed by atoms with van der Waals surface area (Å²) >= 11 is 16.9. The molecule has 0 spiro atoms. The summed E-state index contributed by atoms with van der Waals surface area (Å²) < 4.78 is 19.9. The smallest absolute Gasteiger partial charge is 0.265 e. The molecule has 8 heteroatoms. The second-order valence-corrected chi connectivity index (χ2v) is 10.3. The number of unbranched alkanes of at least 4 members (excludes halogenated alkanes) is 11. The molecule has 0 radical (unpaired) electrons. The molecule has 1 fully saturated rings. The third kappa shape index (κ3) is 13.6. The maximum Gasteiger partial charge on any atom is 0.265 e. The lowest BCUT2D eigenvalue weighted by Gasteiger charge is -2.16. The molecule has 178 valence electrons. The minimum atomic E-state index is -1.84. The fourth-order valence-electron chi connectivity index (χ4n) is 3.55. The van der Waals surface area contributed by atoms with Crippen molar-refractivity contribution >= 4 is 40.7 Å². The van der Waals surface area contributed by atoms with E-state index in [0.29, 0.717) is 0 Å². The maximum atomic E-state index is 7.58. The van der Waals surface area contributed by atoms with Crippen LogP contribution < -0.4 is 0 Å². The Morgan fingerprint density at radius 1 is 0.933 bits per heavy atom. The van der Waals surface area contributed by atoms with Gasteiger partial charge in [-0.2, -0.15) is 0 Å². The first kappa shape index (κ1) is 28.3. The molecule has 0 amide bonds. The van der Waals surface area contributed by atoms with Crippen molar-refractivity contribution in [2.45, 2.75) is 112 Å². The third-order valence-electron chi connectivity index (χ3n) is 5.38. The zero-order valence-electron chi connectivity index (χ0n) is 18.6. The van der Waals surface area contributed by atoms with Gasteiger partial charge in [0.25, 0.3) is 3.79 Å². The second-order valence-electron chi connectivity index (χ2n) is 8.07. The summed E-state index contributed by atoms with van der Waals surface area (Å²) in [5.74, 6) is -0.392. The first-order chi connectivity index (χ1) is 14.4. The van der Waals surface area contributed by atoms with E-state index in [1.165, 1.54) is 70.6 Å². The maximum absolute atomic E-state index is 7.58. The Balaban J connectivity index is 2.08. The molecule has 1 N–H and O–H groups in total. The molecule has 1 rings (SSSR count). The zero-order valence-corrected chi connectivity index (χ0v) is 20.9. The third-order valence-corrected chi connectivity index (χ3v) is 5.89. The van der Waals surface area contributed by atoms with Crippen molar-refractivity contribution in [1.29, 1.82) is 5.41 Å². The first-order valence-corrected chi connectivity index (χ1v) is 12.6. The van der Waals surface area contributed by atoms with Gasteiger partial charge in [0.2, 0.25) is 5.90 Å². The molecule has 1 aliphatic rings. The fourth-order valence-corrected chi connectivity index (χ4v) is 3.71. The summed E-state index contributed by atoms with van der Waals surface area (Å²) in [6, 6.07) is 0. The number of ether oxygens (including phenoxy) is 4. The summed E-state index contributed by atoms with van der Waals surface area (Å²) in [7, 11) is 1.61. The Labute approximate surface area is 197 Å². The first-order valence-electron chi connectivity index (χ1n) is 11.4. The number of hydrogen-bond acceptors (Lipinski definition) is 5.